The van der Waals surface area contributed by atoms with Gasteiger partial charge in [-0.1, -0.05) is 29.8 Å². The summed E-state index contributed by atoms with van der Waals surface area (Å²) in [5.74, 6) is 0.353. The highest BCUT2D eigenvalue weighted by molar-refractivity contribution is 7.88. The van der Waals surface area contributed by atoms with Crippen LogP contribution >= 0.6 is 0 Å². The fourth-order valence-corrected chi connectivity index (χ4v) is 4.32. The Hall–Kier alpha value is -2.65. The first kappa shape index (κ1) is 22.0. The van der Waals surface area contributed by atoms with Crippen molar-refractivity contribution in [2.45, 2.75) is 39.4 Å². The molecule has 1 aromatic heterocycles. The molecule has 162 valence electrons. The molecular weight excluding hydrogens is 406 g/mol. The summed E-state index contributed by atoms with van der Waals surface area (Å²) in [7, 11) is -3.64. The minimum Gasteiger partial charge on any atom is -0.464 e. The summed E-state index contributed by atoms with van der Waals surface area (Å²) in [4.78, 5) is 27.5. The van der Waals surface area contributed by atoms with Crippen LogP contribution in [0.25, 0.3) is 0 Å². The number of nitrogens with one attached hydrogen (secondary N) is 1. The van der Waals surface area contributed by atoms with Gasteiger partial charge in [0.2, 0.25) is 21.8 Å². The molecule has 0 spiro atoms. The van der Waals surface area contributed by atoms with Crippen molar-refractivity contribution in [3.05, 3.63) is 59.0 Å². The molecular formula is C21H27N3O5S. The molecule has 1 aliphatic heterocycles. The number of furan rings is 1. The number of benzene rings is 1. The first-order valence-corrected chi connectivity index (χ1v) is 11.5. The maximum absolute atomic E-state index is 13.2. The van der Waals surface area contributed by atoms with Crippen molar-refractivity contribution in [3.8, 4) is 0 Å². The molecule has 0 radical (unpaired) electrons. The van der Waals surface area contributed by atoms with E-state index in [9.17, 15) is 18.0 Å². The summed E-state index contributed by atoms with van der Waals surface area (Å²) in [6.45, 7) is 5.28. The third-order valence-electron chi connectivity index (χ3n) is 5.33. The predicted octanol–water partition coefficient (Wildman–Crippen LogP) is 1.58. The summed E-state index contributed by atoms with van der Waals surface area (Å²) in [5, 5.41) is 2.86. The Kier molecular flexibility index (Phi) is 6.05. The van der Waals surface area contributed by atoms with Crippen LogP contribution in [0.3, 0.4) is 0 Å². The van der Waals surface area contributed by atoms with Crippen LogP contribution in [0, 0.1) is 13.8 Å². The number of aryl methyl sites for hydroxylation is 2. The molecule has 0 bridgehead atoms. The Morgan fingerprint density at radius 1 is 1.17 bits per heavy atom. The summed E-state index contributed by atoms with van der Waals surface area (Å²) in [5.41, 5.74) is 0.635. The zero-order valence-corrected chi connectivity index (χ0v) is 18.5. The second-order valence-corrected chi connectivity index (χ2v) is 9.95. The van der Waals surface area contributed by atoms with E-state index in [1.54, 1.807) is 26.0 Å². The first-order valence-electron chi connectivity index (χ1n) is 9.64. The minimum atomic E-state index is -3.64. The molecule has 2 heterocycles. The molecule has 3 rings (SSSR count). The lowest BCUT2D eigenvalue weighted by molar-refractivity contribution is -0.154. The van der Waals surface area contributed by atoms with E-state index in [-0.39, 0.29) is 26.2 Å². The van der Waals surface area contributed by atoms with E-state index in [1.807, 2.05) is 31.2 Å². The second kappa shape index (κ2) is 8.23. The van der Waals surface area contributed by atoms with Crippen molar-refractivity contribution in [2.75, 3.05) is 19.3 Å². The van der Waals surface area contributed by atoms with E-state index < -0.39 is 27.4 Å². The van der Waals surface area contributed by atoms with Gasteiger partial charge in [-0.05, 0) is 38.5 Å². The lowest BCUT2D eigenvalue weighted by Gasteiger charge is -2.46. The number of hydrogen-bond donors (Lipinski definition) is 1. The molecule has 0 aliphatic carbocycles. The quantitative estimate of drug-likeness (QED) is 0.746. The Balaban J connectivity index is 1.86. The van der Waals surface area contributed by atoms with Gasteiger partial charge in [0.25, 0.3) is 0 Å². The fourth-order valence-electron chi connectivity index (χ4n) is 3.49. The molecule has 8 nitrogen and oxygen atoms in total. The third kappa shape index (κ3) is 4.73. The minimum absolute atomic E-state index is 0.0821. The lowest BCUT2D eigenvalue weighted by Crippen LogP contribution is -2.69. The van der Waals surface area contributed by atoms with Crippen molar-refractivity contribution >= 4 is 21.8 Å². The van der Waals surface area contributed by atoms with E-state index in [2.05, 4.69) is 5.32 Å². The summed E-state index contributed by atoms with van der Waals surface area (Å²) in [6.07, 6.45) is 1.04. The third-order valence-corrected chi connectivity index (χ3v) is 6.53. The molecule has 0 saturated carbocycles. The van der Waals surface area contributed by atoms with E-state index >= 15 is 0 Å². The molecule has 1 atom stereocenters. The summed E-state index contributed by atoms with van der Waals surface area (Å²) >= 11 is 0. The van der Waals surface area contributed by atoms with Crippen molar-refractivity contribution in [3.63, 3.8) is 0 Å². The maximum atomic E-state index is 13.2. The van der Waals surface area contributed by atoms with E-state index in [0.717, 1.165) is 21.7 Å². The average Bonchev–Trinajstić information content (AvgIpc) is 3.08. The Morgan fingerprint density at radius 2 is 1.83 bits per heavy atom. The van der Waals surface area contributed by atoms with Gasteiger partial charge in [-0.2, -0.15) is 4.31 Å². The molecule has 30 heavy (non-hydrogen) atoms. The van der Waals surface area contributed by atoms with E-state index in [0.29, 0.717) is 11.5 Å². The van der Waals surface area contributed by atoms with Gasteiger partial charge in [0.1, 0.15) is 17.1 Å². The number of carbonyl (C=O) groups excluding carboxylic acids is 2. The molecule has 1 aromatic carbocycles. The average molecular weight is 434 g/mol. The van der Waals surface area contributed by atoms with Gasteiger partial charge in [-0.15, -0.1) is 0 Å². The molecule has 1 saturated heterocycles. The number of carbonyl (C=O) groups is 2. The maximum Gasteiger partial charge on any atom is 0.247 e. The Morgan fingerprint density at radius 3 is 2.40 bits per heavy atom. The molecule has 1 aliphatic rings. The largest absolute Gasteiger partial charge is 0.464 e. The standard InChI is InChI=1S/C21H27N3O5S/c1-15-5-8-17(9-6-15)11-22-20(26)21(3)14-23(30(4,27)28)13-19(25)24(21)12-18-10-7-16(2)29-18/h5-10H,11-14H2,1-4H3,(H,22,26). The topological polar surface area (TPSA) is 99.9 Å². The van der Waals surface area contributed by atoms with Crippen molar-refractivity contribution in [1.29, 1.82) is 0 Å². The van der Waals surface area contributed by atoms with Gasteiger partial charge in [0.05, 0.1) is 19.3 Å². The molecule has 9 heteroatoms. The van der Waals surface area contributed by atoms with Crippen LogP contribution in [0.1, 0.15) is 29.6 Å². The number of amides is 2. The number of piperazine rings is 1. The van der Waals surface area contributed by atoms with E-state index in [4.69, 9.17) is 4.42 Å². The van der Waals surface area contributed by atoms with Gasteiger partial charge in [0, 0.05) is 13.1 Å². The number of rotatable bonds is 6. The van der Waals surface area contributed by atoms with E-state index in [1.165, 1.54) is 4.90 Å². The molecule has 1 unspecified atom stereocenters. The van der Waals surface area contributed by atoms with Gasteiger partial charge in [0.15, 0.2) is 0 Å². The van der Waals surface area contributed by atoms with Gasteiger partial charge >= 0.3 is 0 Å². The van der Waals surface area contributed by atoms with Crippen LogP contribution < -0.4 is 5.32 Å². The molecule has 1 fully saturated rings. The zero-order valence-electron chi connectivity index (χ0n) is 17.6. The van der Waals surface area contributed by atoms with Crippen LogP contribution in [0.15, 0.2) is 40.8 Å². The van der Waals surface area contributed by atoms with Gasteiger partial charge in [-0.3, -0.25) is 9.59 Å². The van der Waals surface area contributed by atoms with Crippen molar-refractivity contribution in [1.82, 2.24) is 14.5 Å². The predicted molar refractivity (Wildman–Crippen MR) is 112 cm³/mol. The highest BCUT2D eigenvalue weighted by atomic mass is 32.2. The monoisotopic (exact) mass is 433 g/mol. The fraction of sp³-hybridized carbons (Fsp3) is 0.429. The molecule has 1 N–H and O–H groups in total. The number of hydrogen-bond acceptors (Lipinski definition) is 5. The SMILES string of the molecule is Cc1ccc(CNC(=O)C2(C)CN(S(C)(=O)=O)CC(=O)N2Cc2ccc(C)o2)cc1. The van der Waals surface area contributed by atoms with Gasteiger partial charge < -0.3 is 14.6 Å². The van der Waals surface area contributed by atoms with Crippen LogP contribution in [0.4, 0.5) is 0 Å². The highest BCUT2D eigenvalue weighted by Gasteiger charge is 2.49. The second-order valence-electron chi connectivity index (χ2n) is 7.97. The van der Waals surface area contributed by atoms with Crippen molar-refractivity contribution < 1.29 is 22.4 Å². The highest BCUT2D eigenvalue weighted by Crippen LogP contribution is 2.27. The van der Waals surface area contributed by atoms with Crippen LogP contribution in [-0.4, -0.2) is 54.3 Å². The Labute approximate surface area is 176 Å². The lowest BCUT2D eigenvalue weighted by atomic mass is 9.95. The van der Waals surface area contributed by atoms with Crippen molar-refractivity contribution in [2.24, 2.45) is 0 Å². The summed E-state index contributed by atoms with van der Waals surface area (Å²) < 4.78 is 30.9. The van der Waals surface area contributed by atoms with Crippen LogP contribution in [-0.2, 0) is 32.7 Å². The summed E-state index contributed by atoms with van der Waals surface area (Å²) in [6, 6.07) is 11.2. The van der Waals surface area contributed by atoms with Crippen LogP contribution in [0.2, 0.25) is 0 Å². The zero-order chi connectivity index (χ0) is 22.1. The molecule has 2 aromatic rings. The normalized spacial score (nSPS) is 20.4. The first-order chi connectivity index (χ1) is 14.0. The number of nitrogens with zero attached hydrogens (tertiary/aromatic N) is 2. The Bertz CT molecular complexity index is 1040. The van der Waals surface area contributed by atoms with Gasteiger partial charge in [-0.25, -0.2) is 8.42 Å². The molecule has 2 amide bonds. The smallest absolute Gasteiger partial charge is 0.247 e. The van der Waals surface area contributed by atoms with Crippen LogP contribution in [0.5, 0.6) is 0 Å². The number of sulfonamides is 1.